The maximum atomic E-state index is 5.57. The van der Waals surface area contributed by atoms with Gasteiger partial charge in [-0.2, -0.15) is 0 Å². The van der Waals surface area contributed by atoms with E-state index in [0.29, 0.717) is 0 Å². The number of thiazole rings is 1. The predicted molar refractivity (Wildman–Crippen MR) is 128 cm³/mol. The van der Waals surface area contributed by atoms with E-state index in [1.807, 2.05) is 18.2 Å². The van der Waals surface area contributed by atoms with Gasteiger partial charge in [0.25, 0.3) is 0 Å². The Hall–Kier alpha value is -2.57. The number of anilines is 1. The maximum absolute atomic E-state index is 5.57. The third-order valence-electron chi connectivity index (χ3n) is 5.73. The number of nitrogens with zero attached hydrogens (tertiary/aromatic N) is 3. The van der Waals surface area contributed by atoms with E-state index in [2.05, 4.69) is 46.5 Å². The van der Waals surface area contributed by atoms with Gasteiger partial charge in [0.05, 0.1) is 25.5 Å². The van der Waals surface area contributed by atoms with E-state index >= 15 is 0 Å². The molecule has 2 heterocycles. The minimum Gasteiger partial charge on any atom is -0.493 e. The molecule has 0 aliphatic carbocycles. The van der Waals surface area contributed by atoms with E-state index in [4.69, 9.17) is 14.5 Å². The average molecular weight is 438 g/mol. The lowest BCUT2D eigenvalue weighted by molar-refractivity contribution is 0.316. The van der Waals surface area contributed by atoms with Crippen LogP contribution in [0.5, 0.6) is 11.5 Å². The van der Waals surface area contributed by atoms with Crippen LogP contribution in [0.2, 0.25) is 0 Å². The van der Waals surface area contributed by atoms with Gasteiger partial charge in [-0.15, -0.1) is 11.3 Å². The molecule has 1 aliphatic rings. The number of rotatable bonds is 8. The van der Waals surface area contributed by atoms with Gasteiger partial charge in [-0.1, -0.05) is 18.2 Å². The van der Waals surface area contributed by atoms with Crippen LogP contribution in [0.15, 0.2) is 47.8 Å². The molecule has 4 rings (SSSR count). The fourth-order valence-electron chi connectivity index (χ4n) is 4.17. The highest BCUT2D eigenvalue weighted by molar-refractivity contribution is 7.13. The zero-order valence-corrected chi connectivity index (χ0v) is 19.5. The largest absolute Gasteiger partial charge is 0.493 e. The number of hydrogen-bond acceptors (Lipinski definition) is 6. The number of para-hydroxylation sites is 1. The van der Waals surface area contributed by atoms with Crippen molar-refractivity contribution in [3.8, 4) is 22.1 Å². The summed E-state index contributed by atoms with van der Waals surface area (Å²) in [5.41, 5.74) is 4.71. The zero-order valence-electron chi connectivity index (χ0n) is 18.6. The molecule has 164 valence electrons. The molecule has 1 aliphatic heterocycles. The number of piperidine rings is 1. The van der Waals surface area contributed by atoms with E-state index in [9.17, 15) is 0 Å². The first-order valence-electron chi connectivity index (χ1n) is 10.9. The summed E-state index contributed by atoms with van der Waals surface area (Å²) in [6.07, 6.45) is 3.98. The third kappa shape index (κ3) is 5.20. The Morgan fingerprint density at radius 3 is 2.45 bits per heavy atom. The van der Waals surface area contributed by atoms with Crippen LogP contribution in [-0.4, -0.2) is 44.2 Å². The van der Waals surface area contributed by atoms with Crippen LogP contribution in [0.1, 0.15) is 30.5 Å². The highest BCUT2D eigenvalue weighted by Gasteiger charge is 2.15. The van der Waals surface area contributed by atoms with Crippen LogP contribution in [-0.2, 0) is 13.1 Å². The molecule has 1 aromatic heterocycles. The number of aromatic nitrogens is 1. The van der Waals surface area contributed by atoms with E-state index in [-0.39, 0.29) is 0 Å². The van der Waals surface area contributed by atoms with E-state index in [1.54, 1.807) is 25.6 Å². The Balaban J connectivity index is 1.39. The molecule has 3 aromatic rings. The summed E-state index contributed by atoms with van der Waals surface area (Å²) in [5, 5.41) is 3.08. The standard InChI is InChI=1S/C25H31N3O2S/c1-27(16-19-10-12-21(13-11-19)28-14-5-4-6-15-28)17-20-18-31-25(26-20)22-8-7-9-23(29-2)24(22)30-3/h7-13,18H,4-6,14-17H2,1-3H3. The van der Waals surface area contributed by atoms with E-state index in [0.717, 1.165) is 40.9 Å². The molecular formula is C25H31N3O2S. The van der Waals surface area contributed by atoms with Gasteiger partial charge in [0.2, 0.25) is 0 Å². The second kappa shape index (κ2) is 10.2. The summed E-state index contributed by atoms with van der Waals surface area (Å²) in [4.78, 5) is 9.66. The summed E-state index contributed by atoms with van der Waals surface area (Å²) < 4.78 is 11.0. The van der Waals surface area contributed by atoms with Crippen LogP contribution in [0.25, 0.3) is 10.6 Å². The summed E-state index contributed by atoms with van der Waals surface area (Å²) in [5.74, 6) is 1.45. The molecule has 31 heavy (non-hydrogen) atoms. The quantitative estimate of drug-likeness (QED) is 0.468. The maximum Gasteiger partial charge on any atom is 0.170 e. The lowest BCUT2D eigenvalue weighted by atomic mass is 10.1. The van der Waals surface area contributed by atoms with Gasteiger partial charge in [-0.3, -0.25) is 4.90 Å². The molecule has 1 saturated heterocycles. The zero-order chi connectivity index (χ0) is 21.6. The summed E-state index contributed by atoms with van der Waals surface area (Å²) >= 11 is 1.64. The average Bonchev–Trinajstić information content (AvgIpc) is 3.27. The first-order valence-corrected chi connectivity index (χ1v) is 11.7. The van der Waals surface area contributed by atoms with Crippen LogP contribution >= 0.6 is 11.3 Å². The van der Waals surface area contributed by atoms with Crippen molar-refractivity contribution < 1.29 is 9.47 Å². The molecule has 0 spiro atoms. The van der Waals surface area contributed by atoms with Gasteiger partial charge in [0.15, 0.2) is 11.5 Å². The number of hydrogen-bond donors (Lipinski definition) is 0. The third-order valence-corrected chi connectivity index (χ3v) is 6.65. The number of methoxy groups -OCH3 is 2. The van der Waals surface area contributed by atoms with Crippen molar-refractivity contribution in [3.05, 3.63) is 59.1 Å². The molecule has 1 fully saturated rings. The fraction of sp³-hybridized carbons (Fsp3) is 0.400. The first-order chi connectivity index (χ1) is 15.2. The van der Waals surface area contributed by atoms with Crippen LogP contribution in [0.3, 0.4) is 0 Å². The SMILES string of the molecule is COc1cccc(-c2nc(CN(C)Cc3ccc(N4CCCCC4)cc3)cs2)c1OC. The van der Waals surface area contributed by atoms with Crippen molar-refractivity contribution in [1.82, 2.24) is 9.88 Å². The number of ether oxygens (including phenoxy) is 2. The van der Waals surface area contributed by atoms with Gasteiger partial charge in [0, 0.05) is 37.2 Å². The molecule has 5 nitrogen and oxygen atoms in total. The molecule has 0 saturated carbocycles. The minimum atomic E-state index is 0.724. The highest BCUT2D eigenvalue weighted by atomic mass is 32.1. The lowest BCUT2D eigenvalue weighted by Gasteiger charge is -2.29. The van der Waals surface area contributed by atoms with Crippen molar-refractivity contribution in [2.75, 3.05) is 39.3 Å². The summed E-state index contributed by atoms with van der Waals surface area (Å²) in [6.45, 7) is 4.07. The highest BCUT2D eigenvalue weighted by Crippen LogP contribution is 2.39. The molecular weight excluding hydrogens is 406 g/mol. The molecule has 0 radical (unpaired) electrons. The molecule has 0 amide bonds. The Morgan fingerprint density at radius 1 is 0.968 bits per heavy atom. The topological polar surface area (TPSA) is 37.8 Å². The van der Waals surface area contributed by atoms with Gasteiger partial charge in [0.1, 0.15) is 5.01 Å². The molecule has 0 atom stereocenters. The smallest absolute Gasteiger partial charge is 0.170 e. The molecule has 2 aromatic carbocycles. The lowest BCUT2D eigenvalue weighted by Crippen LogP contribution is -2.29. The Labute approximate surface area is 189 Å². The van der Waals surface area contributed by atoms with E-state index < -0.39 is 0 Å². The number of benzene rings is 2. The normalized spacial score (nSPS) is 14.1. The molecule has 0 N–H and O–H groups in total. The molecule has 6 heteroatoms. The predicted octanol–water partition coefficient (Wildman–Crippen LogP) is 5.45. The van der Waals surface area contributed by atoms with Crippen molar-refractivity contribution in [2.45, 2.75) is 32.4 Å². The van der Waals surface area contributed by atoms with Crippen molar-refractivity contribution in [2.24, 2.45) is 0 Å². The van der Waals surface area contributed by atoms with Crippen molar-refractivity contribution >= 4 is 17.0 Å². The monoisotopic (exact) mass is 437 g/mol. The van der Waals surface area contributed by atoms with Crippen LogP contribution < -0.4 is 14.4 Å². The Kier molecular flexibility index (Phi) is 7.10. The second-order valence-electron chi connectivity index (χ2n) is 8.07. The van der Waals surface area contributed by atoms with Crippen molar-refractivity contribution in [3.63, 3.8) is 0 Å². The van der Waals surface area contributed by atoms with Gasteiger partial charge in [-0.25, -0.2) is 4.98 Å². The van der Waals surface area contributed by atoms with Crippen molar-refractivity contribution in [1.29, 1.82) is 0 Å². The van der Waals surface area contributed by atoms with Gasteiger partial charge < -0.3 is 14.4 Å². The Bertz CT molecular complexity index is 981. The minimum absolute atomic E-state index is 0.724. The summed E-state index contributed by atoms with van der Waals surface area (Å²) in [6, 6.07) is 15.0. The molecule has 0 bridgehead atoms. The van der Waals surface area contributed by atoms with Crippen LogP contribution in [0.4, 0.5) is 5.69 Å². The second-order valence-corrected chi connectivity index (χ2v) is 8.93. The van der Waals surface area contributed by atoms with Crippen LogP contribution in [0, 0.1) is 0 Å². The van der Waals surface area contributed by atoms with Gasteiger partial charge in [-0.05, 0) is 56.1 Å². The summed E-state index contributed by atoms with van der Waals surface area (Å²) in [7, 11) is 5.47. The van der Waals surface area contributed by atoms with E-state index in [1.165, 1.54) is 43.6 Å². The Morgan fingerprint density at radius 2 is 1.74 bits per heavy atom. The van der Waals surface area contributed by atoms with Gasteiger partial charge >= 0.3 is 0 Å². The first kappa shape index (κ1) is 21.7. The molecule has 0 unspecified atom stereocenters. The fourth-order valence-corrected chi connectivity index (χ4v) is 5.00.